The largest absolute Gasteiger partial charge is 0.493 e. The number of carbonyl (C=O) groups excluding carboxylic acids is 2. The van der Waals surface area contributed by atoms with Crippen molar-refractivity contribution < 1.29 is 23.8 Å². The molecule has 0 aromatic heterocycles. The van der Waals surface area contributed by atoms with Crippen molar-refractivity contribution in [3.63, 3.8) is 0 Å². The second kappa shape index (κ2) is 8.53. The molecule has 132 valence electrons. The lowest BCUT2D eigenvalue weighted by Gasteiger charge is -2.14. The van der Waals surface area contributed by atoms with E-state index in [0.29, 0.717) is 16.5 Å². The molecule has 2 aromatic carbocycles. The molecular weight excluding hydrogens is 344 g/mol. The van der Waals surface area contributed by atoms with Gasteiger partial charge < -0.3 is 14.2 Å². The van der Waals surface area contributed by atoms with Crippen LogP contribution in [0.3, 0.4) is 0 Å². The van der Waals surface area contributed by atoms with Crippen LogP contribution in [0.15, 0.2) is 42.5 Å². The maximum atomic E-state index is 12.1. The SMILES string of the molecule is COc1cc(C(=O)O[C@@H](C)C(C)=O)ccc1OCc1ccccc1Cl. The summed E-state index contributed by atoms with van der Waals surface area (Å²) in [5.74, 6) is 0.0363. The molecule has 0 spiro atoms. The number of hydrogen-bond donors (Lipinski definition) is 0. The number of methoxy groups -OCH3 is 1. The fourth-order valence-corrected chi connectivity index (χ4v) is 2.19. The van der Waals surface area contributed by atoms with Gasteiger partial charge in [-0.1, -0.05) is 29.8 Å². The standard InChI is InChI=1S/C19H19ClO5/c1-12(21)13(2)25-19(22)14-8-9-17(18(10-14)23-3)24-11-15-6-4-5-7-16(15)20/h4-10,13H,11H2,1-3H3/t13-/m0/s1. The molecule has 0 saturated heterocycles. The second-order valence-corrected chi connectivity index (χ2v) is 5.81. The van der Waals surface area contributed by atoms with Gasteiger partial charge in [0.05, 0.1) is 12.7 Å². The zero-order valence-electron chi connectivity index (χ0n) is 14.2. The van der Waals surface area contributed by atoms with Crippen LogP contribution < -0.4 is 9.47 Å². The average Bonchev–Trinajstić information content (AvgIpc) is 2.60. The first-order valence-electron chi connectivity index (χ1n) is 7.68. The molecule has 0 fully saturated rings. The van der Waals surface area contributed by atoms with Crippen LogP contribution in [0.4, 0.5) is 0 Å². The molecule has 0 N–H and O–H groups in total. The maximum absolute atomic E-state index is 12.1. The highest BCUT2D eigenvalue weighted by molar-refractivity contribution is 6.31. The van der Waals surface area contributed by atoms with Gasteiger partial charge in [0.15, 0.2) is 23.4 Å². The summed E-state index contributed by atoms with van der Waals surface area (Å²) in [6, 6.07) is 12.0. The molecule has 0 aliphatic carbocycles. The molecule has 6 heteroatoms. The Morgan fingerprint density at radius 2 is 1.84 bits per heavy atom. The number of halogens is 1. The fourth-order valence-electron chi connectivity index (χ4n) is 2.00. The lowest BCUT2D eigenvalue weighted by atomic mass is 10.2. The van der Waals surface area contributed by atoms with Gasteiger partial charge in [0.2, 0.25) is 0 Å². The lowest BCUT2D eigenvalue weighted by molar-refractivity contribution is -0.124. The summed E-state index contributed by atoms with van der Waals surface area (Å²) in [4.78, 5) is 23.3. The molecule has 2 aromatic rings. The molecule has 0 radical (unpaired) electrons. The van der Waals surface area contributed by atoms with Gasteiger partial charge in [-0.15, -0.1) is 0 Å². The molecule has 0 saturated carbocycles. The van der Waals surface area contributed by atoms with E-state index in [2.05, 4.69) is 0 Å². The highest BCUT2D eigenvalue weighted by Crippen LogP contribution is 2.30. The number of ketones is 1. The number of esters is 1. The average molecular weight is 363 g/mol. The summed E-state index contributed by atoms with van der Waals surface area (Å²) in [5.41, 5.74) is 1.11. The van der Waals surface area contributed by atoms with Gasteiger partial charge in [0.25, 0.3) is 0 Å². The molecule has 1 atom stereocenters. The van der Waals surface area contributed by atoms with Crippen LogP contribution in [-0.4, -0.2) is 25.0 Å². The molecule has 5 nitrogen and oxygen atoms in total. The minimum absolute atomic E-state index is 0.222. The summed E-state index contributed by atoms with van der Waals surface area (Å²) >= 11 is 6.10. The number of hydrogen-bond acceptors (Lipinski definition) is 5. The Bertz CT molecular complexity index is 772. The van der Waals surface area contributed by atoms with E-state index in [4.69, 9.17) is 25.8 Å². The van der Waals surface area contributed by atoms with Crippen molar-refractivity contribution in [2.75, 3.05) is 7.11 Å². The number of carbonyl (C=O) groups is 2. The van der Waals surface area contributed by atoms with E-state index in [0.717, 1.165) is 5.56 Å². The number of ether oxygens (including phenoxy) is 3. The molecule has 0 bridgehead atoms. The molecule has 0 unspecified atom stereocenters. The monoisotopic (exact) mass is 362 g/mol. The molecule has 0 heterocycles. The predicted octanol–water partition coefficient (Wildman–Crippen LogP) is 4.06. The van der Waals surface area contributed by atoms with E-state index in [1.54, 1.807) is 18.2 Å². The summed E-state index contributed by atoms with van der Waals surface area (Å²) in [5, 5.41) is 0.611. The van der Waals surface area contributed by atoms with Gasteiger partial charge in [-0.2, -0.15) is 0 Å². The van der Waals surface area contributed by atoms with E-state index in [-0.39, 0.29) is 18.0 Å². The third-order valence-electron chi connectivity index (χ3n) is 3.60. The summed E-state index contributed by atoms with van der Waals surface area (Å²) in [7, 11) is 1.48. The van der Waals surface area contributed by atoms with Gasteiger partial charge in [-0.25, -0.2) is 4.79 Å². The summed E-state index contributed by atoms with van der Waals surface area (Å²) in [6.07, 6.45) is -0.797. The first-order chi connectivity index (χ1) is 11.9. The van der Waals surface area contributed by atoms with Crippen LogP contribution in [-0.2, 0) is 16.1 Å². The second-order valence-electron chi connectivity index (χ2n) is 5.40. The third-order valence-corrected chi connectivity index (χ3v) is 3.97. The Labute approximate surface area is 151 Å². The Kier molecular flexibility index (Phi) is 6.42. The third kappa shape index (κ3) is 4.97. The van der Waals surface area contributed by atoms with Crippen LogP contribution in [0.5, 0.6) is 11.5 Å². The summed E-state index contributed by atoms with van der Waals surface area (Å²) < 4.78 is 16.1. The number of rotatable bonds is 7. The van der Waals surface area contributed by atoms with Crippen molar-refractivity contribution in [2.45, 2.75) is 26.6 Å². The van der Waals surface area contributed by atoms with Gasteiger partial charge >= 0.3 is 5.97 Å². The van der Waals surface area contributed by atoms with Crippen molar-refractivity contribution in [2.24, 2.45) is 0 Å². The molecular formula is C19H19ClO5. The lowest BCUT2D eigenvalue weighted by Crippen LogP contribution is -2.21. The fraction of sp³-hybridized carbons (Fsp3) is 0.263. The highest BCUT2D eigenvalue weighted by Gasteiger charge is 2.17. The topological polar surface area (TPSA) is 61.8 Å². The maximum Gasteiger partial charge on any atom is 0.338 e. The normalized spacial score (nSPS) is 11.5. The van der Waals surface area contributed by atoms with Crippen molar-refractivity contribution in [1.29, 1.82) is 0 Å². The van der Waals surface area contributed by atoms with Gasteiger partial charge in [-0.3, -0.25) is 4.79 Å². The van der Waals surface area contributed by atoms with E-state index in [9.17, 15) is 9.59 Å². The first kappa shape index (κ1) is 18.8. The van der Waals surface area contributed by atoms with Crippen molar-refractivity contribution in [3.05, 3.63) is 58.6 Å². The quantitative estimate of drug-likeness (QED) is 0.695. The van der Waals surface area contributed by atoms with E-state index >= 15 is 0 Å². The predicted molar refractivity (Wildman–Crippen MR) is 94.3 cm³/mol. The van der Waals surface area contributed by atoms with Crippen LogP contribution in [0.25, 0.3) is 0 Å². The molecule has 2 rings (SSSR count). The minimum Gasteiger partial charge on any atom is -0.493 e. The van der Waals surface area contributed by atoms with Gasteiger partial charge in [-0.05, 0) is 38.1 Å². The minimum atomic E-state index is -0.797. The zero-order valence-corrected chi connectivity index (χ0v) is 15.0. The molecule has 0 amide bonds. The first-order valence-corrected chi connectivity index (χ1v) is 8.06. The Morgan fingerprint density at radius 1 is 1.12 bits per heavy atom. The van der Waals surface area contributed by atoms with Crippen LogP contribution in [0.2, 0.25) is 5.02 Å². The molecule has 0 aliphatic rings. The Hall–Kier alpha value is -2.53. The number of benzene rings is 2. The van der Waals surface area contributed by atoms with Crippen molar-refractivity contribution in [1.82, 2.24) is 0 Å². The van der Waals surface area contributed by atoms with Crippen molar-refractivity contribution >= 4 is 23.4 Å². The zero-order chi connectivity index (χ0) is 18.4. The van der Waals surface area contributed by atoms with Crippen LogP contribution in [0, 0.1) is 0 Å². The van der Waals surface area contributed by atoms with Gasteiger partial charge in [0.1, 0.15) is 6.61 Å². The molecule has 25 heavy (non-hydrogen) atoms. The van der Waals surface area contributed by atoms with E-state index < -0.39 is 12.1 Å². The summed E-state index contributed by atoms with van der Waals surface area (Å²) in [6.45, 7) is 3.16. The van der Waals surface area contributed by atoms with Crippen LogP contribution >= 0.6 is 11.6 Å². The van der Waals surface area contributed by atoms with Crippen molar-refractivity contribution in [3.8, 4) is 11.5 Å². The molecule has 0 aliphatic heterocycles. The Morgan fingerprint density at radius 3 is 2.48 bits per heavy atom. The van der Waals surface area contributed by atoms with Gasteiger partial charge in [0, 0.05) is 10.6 Å². The highest BCUT2D eigenvalue weighted by atomic mass is 35.5. The smallest absolute Gasteiger partial charge is 0.338 e. The Balaban J connectivity index is 2.12. The number of Topliss-reactive ketones (excluding diaryl/α,β-unsaturated/α-hetero) is 1. The van der Waals surface area contributed by atoms with E-state index in [1.807, 2.05) is 18.2 Å². The van der Waals surface area contributed by atoms with Crippen LogP contribution in [0.1, 0.15) is 29.8 Å². The van der Waals surface area contributed by atoms with E-state index in [1.165, 1.54) is 27.0 Å².